The van der Waals surface area contributed by atoms with E-state index in [9.17, 15) is 53.7 Å². The van der Waals surface area contributed by atoms with Gasteiger partial charge >= 0.3 is 5.97 Å². The van der Waals surface area contributed by atoms with Crippen LogP contribution in [0.3, 0.4) is 0 Å². The Bertz CT molecular complexity index is 1750. The second kappa shape index (κ2) is 21.3. The van der Waals surface area contributed by atoms with Crippen molar-refractivity contribution in [3.05, 3.63) is 65.7 Å². The monoisotopic (exact) mass is 795 g/mol. The van der Waals surface area contributed by atoms with E-state index in [1.807, 2.05) is 0 Å². The highest BCUT2D eigenvalue weighted by molar-refractivity contribution is 5.98. The van der Waals surface area contributed by atoms with Gasteiger partial charge in [-0.2, -0.15) is 0 Å². The lowest BCUT2D eigenvalue weighted by atomic mass is 9.99. The number of carboxylic acids is 1. The molecule has 1 fully saturated rings. The number of amides is 7. The number of hydrogen-bond acceptors (Lipinski definition) is 10. The highest BCUT2D eigenvalue weighted by atomic mass is 16.4. The topological polar surface area (TPSA) is 281 Å². The first kappa shape index (κ1) is 45.4. The lowest BCUT2D eigenvalue weighted by Crippen LogP contribution is -2.62. The smallest absolute Gasteiger partial charge is 0.305 e. The fraction of sp³-hybridized carbons (Fsp3) is 0.487. The van der Waals surface area contributed by atoms with Gasteiger partial charge in [0.15, 0.2) is 0 Å². The van der Waals surface area contributed by atoms with Gasteiger partial charge in [-0.15, -0.1) is 0 Å². The number of hydrogen-bond donors (Lipinski definition) is 10. The van der Waals surface area contributed by atoms with E-state index < -0.39 is 109 Å². The number of aliphatic carboxylic acids is 1. The van der Waals surface area contributed by atoms with Crippen molar-refractivity contribution in [2.75, 3.05) is 6.54 Å². The number of aromatic hydroxyl groups is 1. The van der Waals surface area contributed by atoms with Gasteiger partial charge in [0, 0.05) is 12.8 Å². The Morgan fingerprint density at radius 3 is 1.67 bits per heavy atom. The van der Waals surface area contributed by atoms with Crippen molar-refractivity contribution < 1.29 is 53.7 Å². The van der Waals surface area contributed by atoms with E-state index in [1.54, 1.807) is 58.0 Å². The number of rotatable bonds is 10. The van der Waals surface area contributed by atoms with Crippen LogP contribution >= 0.6 is 0 Å². The number of carbonyl (C=O) groups excluding carboxylic acids is 7. The van der Waals surface area contributed by atoms with Crippen molar-refractivity contribution in [2.24, 2.45) is 11.8 Å². The predicted octanol–water partition coefficient (Wildman–Crippen LogP) is -1.23. The number of phenolic OH excluding ortho intramolecular Hbond substituents is 1. The fourth-order valence-corrected chi connectivity index (χ4v) is 6.00. The average molecular weight is 796 g/mol. The summed E-state index contributed by atoms with van der Waals surface area (Å²) in [6.07, 6.45) is -2.60. The van der Waals surface area contributed by atoms with E-state index in [-0.39, 0.29) is 30.9 Å². The zero-order chi connectivity index (χ0) is 42.4. The van der Waals surface area contributed by atoms with Gasteiger partial charge in [-0.3, -0.25) is 38.4 Å². The number of nitrogens with one attached hydrogen (secondary N) is 7. The van der Waals surface area contributed by atoms with Gasteiger partial charge in [-0.25, -0.2) is 0 Å². The predicted molar refractivity (Wildman–Crippen MR) is 205 cm³/mol. The third-order valence-corrected chi connectivity index (χ3v) is 9.03. The summed E-state index contributed by atoms with van der Waals surface area (Å²) in [6.45, 7) is 7.20. The summed E-state index contributed by atoms with van der Waals surface area (Å²) < 4.78 is 0. The molecule has 0 spiro atoms. The van der Waals surface area contributed by atoms with Crippen molar-refractivity contribution in [1.82, 2.24) is 37.2 Å². The number of aliphatic hydroxyl groups is 1. The summed E-state index contributed by atoms with van der Waals surface area (Å²) in [6, 6.07) is 5.72. The minimum atomic E-state index is -1.70. The first-order valence-electron chi connectivity index (χ1n) is 18.6. The van der Waals surface area contributed by atoms with Gasteiger partial charge < -0.3 is 52.5 Å². The molecular formula is C39H53N7O11. The quantitative estimate of drug-likeness (QED) is 0.136. The van der Waals surface area contributed by atoms with Crippen molar-refractivity contribution >= 4 is 47.3 Å². The molecule has 18 heteroatoms. The Labute approximate surface area is 330 Å². The van der Waals surface area contributed by atoms with E-state index in [4.69, 9.17) is 0 Å². The lowest BCUT2D eigenvalue weighted by molar-refractivity contribution is -0.141. The minimum absolute atomic E-state index is 0.00120. The van der Waals surface area contributed by atoms with E-state index in [0.717, 1.165) is 0 Å². The van der Waals surface area contributed by atoms with Crippen molar-refractivity contribution in [1.29, 1.82) is 0 Å². The molecular weight excluding hydrogens is 742 g/mol. The highest BCUT2D eigenvalue weighted by Gasteiger charge is 2.36. The molecule has 3 rings (SSSR count). The number of carboxylic acid groups (broad SMARTS) is 1. The van der Waals surface area contributed by atoms with Crippen LogP contribution in [0.25, 0.3) is 0 Å². The summed E-state index contributed by atoms with van der Waals surface area (Å²) in [5.41, 5.74) is 1.14. The summed E-state index contributed by atoms with van der Waals surface area (Å²) in [7, 11) is 0. The van der Waals surface area contributed by atoms with Crippen LogP contribution in [0.15, 0.2) is 54.6 Å². The SMILES string of the molecule is CC(C)CC1NC(=O)C(CC(=O)O)NC(=O)CNC(=O)C(Cc2ccccc2)NC(=O)C(Cc2ccc(O)cc2)NC(=O)C(C(C)C)NC(=O)C(C(C)O)NC1=O. The first-order chi connectivity index (χ1) is 26.8. The molecule has 0 bridgehead atoms. The maximum atomic E-state index is 14.1. The number of aliphatic hydroxyl groups excluding tert-OH is 1. The third-order valence-electron chi connectivity index (χ3n) is 9.03. The molecule has 10 N–H and O–H groups in total. The maximum absolute atomic E-state index is 14.1. The molecule has 57 heavy (non-hydrogen) atoms. The Hall–Kier alpha value is -6.04. The molecule has 2 aromatic carbocycles. The van der Waals surface area contributed by atoms with Crippen LogP contribution in [-0.2, 0) is 51.2 Å². The standard InChI is InChI=1S/C39H53N7O11/c1-20(2)15-26-37(55)46-33(22(5)47)39(57)45-32(21(3)4)38(56)44-28(17-24-11-13-25(48)14-12-24)35(53)43-27(16-23-9-7-6-8-10-23)34(52)40-19-30(49)41-29(18-31(50)51)36(54)42-26/h6-14,20-22,26-29,32-33,47-48H,15-19H2,1-5H3,(H,40,52)(H,41,49)(H,42,54)(H,43,53)(H,44,56)(H,45,57)(H,46,55)(H,50,51). The zero-order valence-electron chi connectivity index (χ0n) is 32.5. The average Bonchev–Trinajstić information content (AvgIpc) is 3.13. The molecule has 310 valence electrons. The fourth-order valence-electron chi connectivity index (χ4n) is 6.00. The Kier molecular flexibility index (Phi) is 17.0. The number of carbonyl (C=O) groups is 8. The molecule has 0 saturated carbocycles. The van der Waals surface area contributed by atoms with Crippen LogP contribution in [0.2, 0.25) is 0 Å². The molecule has 7 atom stereocenters. The van der Waals surface area contributed by atoms with E-state index in [1.165, 1.54) is 31.2 Å². The normalized spacial score (nSPS) is 24.1. The molecule has 2 aromatic rings. The Morgan fingerprint density at radius 1 is 0.614 bits per heavy atom. The zero-order valence-corrected chi connectivity index (χ0v) is 32.5. The molecule has 7 amide bonds. The molecule has 1 aliphatic heterocycles. The van der Waals surface area contributed by atoms with Crippen LogP contribution in [-0.4, -0.2) is 112 Å². The van der Waals surface area contributed by atoms with Gasteiger partial charge in [-0.1, -0.05) is 70.2 Å². The highest BCUT2D eigenvalue weighted by Crippen LogP contribution is 2.14. The van der Waals surface area contributed by atoms with Crippen molar-refractivity contribution in [3.63, 3.8) is 0 Å². The second-order valence-electron chi connectivity index (χ2n) is 14.8. The van der Waals surface area contributed by atoms with E-state index in [2.05, 4.69) is 37.2 Å². The summed E-state index contributed by atoms with van der Waals surface area (Å²) in [5.74, 6) is -8.69. The molecule has 0 aromatic heterocycles. The van der Waals surface area contributed by atoms with Gasteiger partial charge in [0.1, 0.15) is 42.0 Å². The molecule has 1 aliphatic rings. The minimum Gasteiger partial charge on any atom is -0.508 e. The van der Waals surface area contributed by atoms with Crippen molar-refractivity contribution in [2.45, 2.75) is 103 Å². The van der Waals surface area contributed by atoms with E-state index >= 15 is 0 Å². The third kappa shape index (κ3) is 14.5. The number of benzene rings is 2. The molecule has 18 nitrogen and oxygen atoms in total. The molecule has 0 aliphatic carbocycles. The summed E-state index contributed by atoms with van der Waals surface area (Å²) in [5, 5.41) is 47.4. The van der Waals surface area contributed by atoms with Crippen LogP contribution in [0.1, 0.15) is 58.6 Å². The second-order valence-corrected chi connectivity index (χ2v) is 14.8. The summed E-state index contributed by atoms with van der Waals surface area (Å²) >= 11 is 0. The van der Waals surface area contributed by atoms with Gasteiger partial charge in [-0.05, 0) is 48.4 Å². The Morgan fingerprint density at radius 2 is 1.11 bits per heavy atom. The molecule has 7 unspecified atom stereocenters. The van der Waals surface area contributed by atoms with Crippen molar-refractivity contribution in [3.8, 4) is 5.75 Å². The molecule has 0 radical (unpaired) electrons. The van der Waals surface area contributed by atoms with Crippen LogP contribution < -0.4 is 37.2 Å². The van der Waals surface area contributed by atoms with Crippen LogP contribution in [0.4, 0.5) is 0 Å². The first-order valence-corrected chi connectivity index (χ1v) is 18.6. The number of phenols is 1. The maximum Gasteiger partial charge on any atom is 0.305 e. The van der Waals surface area contributed by atoms with Crippen LogP contribution in [0, 0.1) is 11.8 Å². The largest absolute Gasteiger partial charge is 0.508 e. The van der Waals surface area contributed by atoms with Crippen LogP contribution in [0.5, 0.6) is 5.75 Å². The summed E-state index contributed by atoms with van der Waals surface area (Å²) in [4.78, 5) is 107. The Balaban J connectivity index is 2.11. The van der Waals surface area contributed by atoms with E-state index in [0.29, 0.717) is 11.1 Å². The van der Waals surface area contributed by atoms with Gasteiger partial charge in [0.2, 0.25) is 41.4 Å². The van der Waals surface area contributed by atoms with Gasteiger partial charge in [0.05, 0.1) is 19.1 Å². The lowest BCUT2D eigenvalue weighted by Gasteiger charge is -2.30. The van der Waals surface area contributed by atoms with Gasteiger partial charge in [0.25, 0.3) is 0 Å². The molecule has 1 saturated heterocycles. The molecule has 1 heterocycles.